The van der Waals surface area contributed by atoms with Gasteiger partial charge in [-0.2, -0.15) is 0 Å². The smallest absolute Gasteiger partial charge is 0.112 e. The number of fused-ring (bicyclic) bond motifs is 1. The Balaban J connectivity index is 1.65. The molecule has 2 aromatic rings. The van der Waals surface area contributed by atoms with E-state index in [2.05, 4.69) is 34.3 Å². The fraction of sp³-hybridized carbons (Fsp3) is 0.529. The van der Waals surface area contributed by atoms with Gasteiger partial charge in [-0.05, 0) is 63.9 Å². The summed E-state index contributed by atoms with van der Waals surface area (Å²) in [6, 6.07) is 6.56. The van der Waals surface area contributed by atoms with Crippen molar-refractivity contribution in [3.63, 3.8) is 0 Å². The molecule has 4 heteroatoms. The number of nitrogens with one attached hydrogen (secondary N) is 1. The van der Waals surface area contributed by atoms with E-state index < -0.39 is 0 Å². The largest absolute Gasteiger partial charge is 0.380 e. The summed E-state index contributed by atoms with van der Waals surface area (Å²) in [6.07, 6.45) is 8.82. The van der Waals surface area contributed by atoms with E-state index in [1.807, 2.05) is 30.6 Å². The van der Waals surface area contributed by atoms with Crippen LogP contribution in [0.25, 0.3) is 11.0 Å². The van der Waals surface area contributed by atoms with Gasteiger partial charge in [0.25, 0.3) is 0 Å². The minimum atomic E-state index is 0.566. The molecule has 0 atom stereocenters. The Morgan fingerprint density at radius 2 is 1.90 bits per heavy atom. The van der Waals surface area contributed by atoms with Crippen molar-refractivity contribution < 1.29 is 0 Å². The van der Waals surface area contributed by atoms with Crippen LogP contribution in [0.2, 0.25) is 0 Å². The highest BCUT2D eigenvalue weighted by Crippen LogP contribution is 2.28. The molecule has 0 amide bonds. The summed E-state index contributed by atoms with van der Waals surface area (Å²) in [4.78, 5) is 11.1. The molecule has 21 heavy (non-hydrogen) atoms. The first-order valence-corrected chi connectivity index (χ1v) is 7.83. The SMILES string of the molecule is CN(C)CC1CCC(Nc2ccnc3cccnc23)CC1. The summed E-state index contributed by atoms with van der Waals surface area (Å²) in [5, 5.41) is 3.68. The molecule has 2 heterocycles. The van der Waals surface area contributed by atoms with E-state index in [1.165, 1.54) is 32.2 Å². The van der Waals surface area contributed by atoms with Gasteiger partial charge in [-0.3, -0.25) is 9.97 Å². The highest BCUT2D eigenvalue weighted by Gasteiger charge is 2.21. The van der Waals surface area contributed by atoms with Gasteiger partial charge in [0.2, 0.25) is 0 Å². The lowest BCUT2D eigenvalue weighted by Crippen LogP contribution is -2.31. The second kappa shape index (κ2) is 6.39. The molecule has 1 aliphatic carbocycles. The van der Waals surface area contributed by atoms with Crippen molar-refractivity contribution in [1.29, 1.82) is 0 Å². The predicted molar refractivity (Wildman–Crippen MR) is 87.5 cm³/mol. The lowest BCUT2D eigenvalue weighted by molar-refractivity contribution is 0.255. The van der Waals surface area contributed by atoms with Crippen LogP contribution in [0.15, 0.2) is 30.6 Å². The van der Waals surface area contributed by atoms with Crippen molar-refractivity contribution in [1.82, 2.24) is 14.9 Å². The summed E-state index contributed by atoms with van der Waals surface area (Å²) in [5.41, 5.74) is 3.07. The molecule has 1 N–H and O–H groups in total. The Hall–Kier alpha value is -1.68. The van der Waals surface area contributed by atoms with Crippen LogP contribution in [-0.2, 0) is 0 Å². The summed E-state index contributed by atoms with van der Waals surface area (Å²) in [5.74, 6) is 0.852. The Bertz CT molecular complexity index is 583. The molecule has 0 unspecified atom stereocenters. The molecule has 1 fully saturated rings. The predicted octanol–water partition coefficient (Wildman–Crippen LogP) is 3.16. The maximum atomic E-state index is 4.47. The minimum absolute atomic E-state index is 0.566. The fourth-order valence-corrected chi connectivity index (χ4v) is 3.32. The van der Waals surface area contributed by atoms with E-state index >= 15 is 0 Å². The first-order valence-electron chi connectivity index (χ1n) is 7.83. The number of aromatic nitrogens is 2. The van der Waals surface area contributed by atoms with Gasteiger partial charge in [0.15, 0.2) is 0 Å². The van der Waals surface area contributed by atoms with E-state index in [9.17, 15) is 0 Å². The lowest BCUT2D eigenvalue weighted by Gasteiger charge is -2.31. The van der Waals surface area contributed by atoms with Crippen LogP contribution < -0.4 is 5.32 Å². The molecule has 0 saturated heterocycles. The third kappa shape index (κ3) is 3.50. The van der Waals surface area contributed by atoms with Gasteiger partial charge in [-0.1, -0.05) is 0 Å². The molecular formula is C17H24N4. The zero-order valence-corrected chi connectivity index (χ0v) is 12.9. The van der Waals surface area contributed by atoms with Gasteiger partial charge < -0.3 is 10.2 Å². The van der Waals surface area contributed by atoms with Crippen LogP contribution in [0, 0.1) is 5.92 Å². The average molecular weight is 284 g/mol. The molecule has 0 bridgehead atoms. The first-order chi connectivity index (χ1) is 10.2. The van der Waals surface area contributed by atoms with Crippen LogP contribution in [0.4, 0.5) is 5.69 Å². The number of anilines is 1. The van der Waals surface area contributed by atoms with Crippen molar-refractivity contribution in [2.24, 2.45) is 5.92 Å². The molecule has 0 radical (unpaired) electrons. The number of pyridine rings is 2. The second-order valence-corrected chi connectivity index (χ2v) is 6.35. The fourth-order valence-electron chi connectivity index (χ4n) is 3.32. The van der Waals surface area contributed by atoms with E-state index in [-0.39, 0.29) is 0 Å². The molecular weight excluding hydrogens is 260 g/mol. The monoisotopic (exact) mass is 284 g/mol. The number of hydrogen-bond donors (Lipinski definition) is 1. The van der Waals surface area contributed by atoms with Crippen molar-refractivity contribution in [3.05, 3.63) is 30.6 Å². The Morgan fingerprint density at radius 3 is 2.67 bits per heavy atom. The van der Waals surface area contributed by atoms with Crippen LogP contribution in [-0.4, -0.2) is 41.5 Å². The second-order valence-electron chi connectivity index (χ2n) is 6.35. The third-order valence-electron chi connectivity index (χ3n) is 4.33. The summed E-state index contributed by atoms with van der Waals surface area (Å²) >= 11 is 0. The van der Waals surface area contributed by atoms with Gasteiger partial charge in [0.05, 0.1) is 11.2 Å². The number of nitrogens with zero attached hydrogens (tertiary/aromatic N) is 3. The van der Waals surface area contributed by atoms with E-state index in [1.54, 1.807) is 0 Å². The molecule has 112 valence electrons. The molecule has 1 saturated carbocycles. The van der Waals surface area contributed by atoms with Gasteiger partial charge in [-0.15, -0.1) is 0 Å². The standard InChI is InChI=1S/C17H24N4/c1-21(2)12-13-5-7-14(8-6-13)20-16-9-11-18-15-4-3-10-19-17(15)16/h3-4,9-11,13-14H,5-8,12H2,1-2H3,(H,18,20). The molecule has 3 rings (SSSR count). The van der Waals surface area contributed by atoms with E-state index in [4.69, 9.17) is 0 Å². The van der Waals surface area contributed by atoms with Gasteiger partial charge >= 0.3 is 0 Å². The molecule has 1 aliphatic rings. The van der Waals surface area contributed by atoms with E-state index in [0.717, 1.165) is 22.6 Å². The highest BCUT2D eigenvalue weighted by molar-refractivity contribution is 5.86. The lowest BCUT2D eigenvalue weighted by atomic mass is 9.85. The van der Waals surface area contributed by atoms with Crippen LogP contribution in [0.1, 0.15) is 25.7 Å². The van der Waals surface area contributed by atoms with Gasteiger partial charge in [-0.25, -0.2) is 0 Å². The number of hydrogen-bond acceptors (Lipinski definition) is 4. The Kier molecular flexibility index (Phi) is 4.34. The van der Waals surface area contributed by atoms with E-state index in [0.29, 0.717) is 6.04 Å². The zero-order chi connectivity index (χ0) is 14.7. The maximum absolute atomic E-state index is 4.47. The Labute approximate surface area is 126 Å². The van der Waals surface area contributed by atoms with Crippen LogP contribution in [0.5, 0.6) is 0 Å². The van der Waals surface area contributed by atoms with Crippen LogP contribution >= 0.6 is 0 Å². The third-order valence-corrected chi connectivity index (χ3v) is 4.33. The summed E-state index contributed by atoms with van der Waals surface area (Å²) in [6.45, 7) is 1.21. The topological polar surface area (TPSA) is 41.0 Å². The molecule has 0 spiro atoms. The normalized spacial score (nSPS) is 22.6. The van der Waals surface area contributed by atoms with Gasteiger partial charge in [0.1, 0.15) is 5.52 Å². The summed E-state index contributed by atoms with van der Waals surface area (Å²) < 4.78 is 0. The average Bonchev–Trinajstić information content (AvgIpc) is 2.49. The van der Waals surface area contributed by atoms with Crippen LogP contribution in [0.3, 0.4) is 0 Å². The van der Waals surface area contributed by atoms with Crippen molar-refractivity contribution >= 4 is 16.7 Å². The first kappa shape index (κ1) is 14.3. The zero-order valence-electron chi connectivity index (χ0n) is 12.9. The quantitative estimate of drug-likeness (QED) is 0.936. The maximum Gasteiger partial charge on any atom is 0.112 e. The molecule has 4 nitrogen and oxygen atoms in total. The molecule has 2 aromatic heterocycles. The summed E-state index contributed by atoms with van der Waals surface area (Å²) in [7, 11) is 4.33. The van der Waals surface area contributed by atoms with Crippen molar-refractivity contribution in [3.8, 4) is 0 Å². The highest BCUT2D eigenvalue weighted by atomic mass is 15.1. The minimum Gasteiger partial charge on any atom is -0.380 e. The van der Waals surface area contributed by atoms with Crippen molar-refractivity contribution in [2.45, 2.75) is 31.7 Å². The number of rotatable bonds is 4. The molecule has 0 aliphatic heterocycles. The van der Waals surface area contributed by atoms with Gasteiger partial charge in [0, 0.05) is 25.0 Å². The molecule has 0 aromatic carbocycles. The Morgan fingerprint density at radius 1 is 1.10 bits per heavy atom. The van der Waals surface area contributed by atoms with Crippen molar-refractivity contribution in [2.75, 3.05) is 26.0 Å².